The monoisotopic (exact) mass is 414 g/mol. The number of hydrogen-bond donors (Lipinski definition) is 0. The number of nitrogens with zero attached hydrogens (tertiary/aromatic N) is 2. The van der Waals surface area contributed by atoms with Crippen molar-refractivity contribution in [3.05, 3.63) is 112 Å². The lowest BCUT2D eigenvalue weighted by Crippen LogP contribution is -2.56. The van der Waals surface area contributed by atoms with E-state index in [9.17, 15) is 10.1 Å². The van der Waals surface area contributed by atoms with Crippen LogP contribution in [0.25, 0.3) is 0 Å². The zero-order valence-corrected chi connectivity index (χ0v) is 18.0. The van der Waals surface area contributed by atoms with Crippen LogP contribution in [-0.4, -0.2) is 17.0 Å². The third kappa shape index (κ3) is 4.48. The molecule has 3 aromatic carbocycles. The van der Waals surface area contributed by atoms with Crippen LogP contribution in [0.2, 0.25) is 0 Å². The number of rotatable bonds is 7. The molecule has 4 heteroatoms. The minimum Gasteiger partial charge on any atom is -0.355 e. The van der Waals surface area contributed by atoms with Crippen LogP contribution < -0.4 is 4.90 Å². The van der Waals surface area contributed by atoms with Crippen LogP contribution in [0.3, 0.4) is 0 Å². The first-order valence-corrected chi connectivity index (χ1v) is 11.3. The molecule has 4 atom stereocenters. The zero-order chi connectivity index (χ0) is 21.6. The fraction of sp³-hybridized carbons (Fsp3) is 0.333. The molecule has 0 amide bonds. The topological polar surface area (TPSA) is 46.4 Å². The van der Waals surface area contributed by atoms with Gasteiger partial charge in [-0.25, -0.2) is 0 Å². The molecule has 1 heterocycles. The minimum atomic E-state index is -0.644. The molecule has 3 aromatic rings. The molecule has 0 aliphatic carbocycles. The Morgan fingerprint density at radius 1 is 0.871 bits per heavy atom. The van der Waals surface area contributed by atoms with Gasteiger partial charge >= 0.3 is 0 Å². The van der Waals surface area contributed by atoms with Gasteiger partial charge in [0.05, 0.1) is 18.0 Å². The van der Waals surface area contributed by atoms with Crippen LogP contribution in [0.1, 0.15) is 55.7 Å². The van der Waals surface area contributed by atoms with Crippen LogP contribution in [0.15, 0.2) is 91.0 Å². The Bertz CT molecular complexity index is 962. The van der Waals surface area contributed by atoms with Gasteiger partial charge in [0.15, 0.2) is 0 Å². The molecule has 0 radical (unpaired) electrons. The summed E-state index contributed by atoms with van der Waals surface area (Å²) in [5.41, 5.74) is 3.35. The van der Waals surface area contributed by atoms with Gasteiger partial charge in [-0.15, -0.1) is 0 Å². The van der Waals surface area contributed by atoms with Crippen molar-refractivity contribution in [3.63, 3.8) is 0 Å². The molecule has 1 fully saturated rings. The van der Waals surface area contributed by atoms with Gasteiger partial charge in [-0.2, -0.15) is 0 Å². The Labute approximate surface area is 184 Å². The fourth-order valence-corrected chi connectivity index (χ4v) is 5.14. The van der Waals surface area contributed by atoms with Gasteiger partial charge in [-0.3, -0.25) is 10.1 Å². The number of nitro groups is 1. The molecule has 1 aliphatic heterocycles. The van der Waals surface area contributed by atoms with E-state index in [0.29, 0.717) is 0 Å². The third-order valence-corrected chi connectivity index (χ3v) is 6.54. The highest BCUT2D eigenvalue weighted by molar-refractivity contribution is 5.52. The second-order valence-corrected chi connectivity index (χ2v) is 8.41. The summed E-state index contributed by atoms with van der Waals surface area (Å²) in [6.45, 7) is 2.15. The normalized spacial score (nSPS) is 23.5. The standard InChI is InChI=1S/C27H30N2O2/c1-2-3-19-25-27(29(30)31)24(21-13-7-4-8-14-21)20-26(22-15-9-5-10-16-22)28(25)23-17-11-6-12-18-23/h4-18,24-27H,2-3,19-20H2,1H3/t24-,25-,26+,27+/m0/s1. The molecule has 0 spiro atoms. The average Bonchev–Trinajstić information content (AvgIpc) is 2.83. The number of para-hydroxylation sites is 1. The number of unbranched alkanes of at least 4 members (excludes halogenated alkanes) is 1. The molecule has 160 valence electrons. The van der Waals surface area contributed by atoms with Gasteiger partial charge in [-0.1, -0.05) is 98.6 Å². The summed E-state index contributed by atoms with van der Waals surface area (Å²) < 4.78 is 0. The van der Waals surface area contributed by atoms with Gasteiger partial charge in [0.2, 0.25) is 6.04 Å². The molecule has 0 N–H and O–H groups in total. The second kappa shape index (κ2) is 9.78. The minimum absolute atomic E-state index is 0.0187. The van der Waals surface area contributed by atoms with Crippen LogP contribution >= 0.6 is 0 Å². The lowest BCUT2D eigenvalue weighted by Gasteiger charge is -2.48. The van der Waals surface area contributed by atoms with E-state index >= 15 is 0 Å². The first kappa shape index (κ1) is 21.1. The van der Waals surface area contributed by atoms with E-state index in [1.54, 1.807) is 0 Å². The van der Waals surface area contributed by atoms with Gasteiger partial charge in [-0.05, 0) is 36.1 Å². The fourth-order valence-electron chi connectivity index (χ4n) is 5.14. The molecule has 4 rings (SSSR count). The van der Waals surface area contributed by atoms with Gasteiger partial charge in [0.25, 0.3) is 0 Å². The maximum absolute atomic E-state index is 12.5. The van der Waals surface area contributed by atoms with E-state index in [0.717, 1.165) is 36.9 Å². The SMILES string of the molecule is CCCC[C@H]1[C@H]([N+](=O)[O-])[C@H](c2ccccc2)C[C@H](c2ccccc2)N1c1ccccc1. The van der Waals surface area contributed by atoms with Crippen LogP contribution in [0.4, 0.5) is 5.69 Å². The molecule has 31 heavy (non-hydrogen) atoms. The second-order valence-electron chi connectivity index (χ2n) is 8.41. The van der Waals surface area contributed by atoms with Crippen molar-refractivity contribution < 1.29 is 4.92 Å². The van der Waals surface area contributed by atoms with E-state index in [-0.39, 0.29) is 22.9 Å². The summed E-state index contributed by atoms with van der Waals surface area (Å²) >= 11 is 0. The van der Waals surface area contributed by atoms with Crippen molar-refractivity contribution >= 4 is 5.69 Å². The van der Waals surface area contributed by atoms with Crippen molar-refractivity contribution in [1.29, 1.82) is 0 Å². The Morgan fingerprint density at radius 2 is 1.42 bits per heavy atom. The summed E-state index contributed by atoms with van der Waals surface area (Å²) in [7, 11) is 0. The molecule has 0 saturated carbocycles. The number of piperidine rings is 1. The summed E-state index contributed by atoms with van der Waals surface area (Å²) in [5.74, 6) is -0.122. The molecule has 0 unspecified atom stereocenters. The first-order chi connectivity index (χ1) is 15.2. The predicted octanol–water partition coefficient (Wildman–Crippen LogP) is 6.63. The van der Waals surface area contributed by atoms with Crippen molar-refractivity contribution in [2.45, 2.75) is 56.7 Å². The maximum atomic E-state index is 12.5. The van der Waals surface area contributed by atoms with Crippen molar-refractivity contribution in [2.24, 2.45) is 0 Å². The summed E-state index contributed by atoms with van der Waals surface area (Å²) in [4.78, 5) is 14.8. The van der Waals surface area contributed by atoms with E-state index in [2.05, 4.69) is 60.4 Å². The Kier molecular flexibility index (Phi) is 6.66. The molecule has 1 saturated heterocycles. The largest absolute Gasteiger partial charge is 0.355 e. The lowest BCUT2D eigenvalue weighted by molar-refractivity contribution is -0.532. The number of anilines is 1. The Morgan fingerprint density at radius 3 is 1.97 bits per heavy atom. The van der Waals surface area contributed by atoms with Gasteiger partial charge in [0.1, 0.15) is 0 Å². The summed E-state index contributed by atoms with van der Waals surface area (Å²) in [6, 6.07) is 30.1. The molecule has 1 aliphatic rings. The highest BCUT2D eigenvalue weighted by atomic mass is 16.6. The molecule has 0 bridgehead atoms. The van der Waals surface area contributed by atoms with E-state index in [4.69, 9.17) is 0 Å². The third-order valence-electron chi connectivity index (χ3n) is 6.54. The highest BCUT2D eigenvalue weighted by Crippen LogP contribution is 2.46. The summed E-state index contributed by atoms with van der Waals surface area (Å²) in [5, 5.41) is 12.5. The van der Waals surface area contributed by atoms with Crippen molar-refractivity contribution in [1.82, 2.24) is 0 Å². The predicted molar refractivity (Wildman–Crippen MR) is 126 cm³/mol. The van der Waals surface area contributed by atoms with Crippen molar-refractivity contribution in [2.75, 3.05) is 4.90 Å². The van der Waals surface area contributed by atoms with Gasteiger partial charge < -0.3 is 4.90 Å². The van der Waals surface area contributed by atoms with E-state index in [1.807, 2.05) is 42.5 Å². The molecule has 0 aromatic heterocycles. The molecule has 4 nitrogen and oxygen atoms in total. The molecular weight excluding hydrogens is 384 g/mol. The number of benzene rings is 3. The average molecular weight is 415 g/mol. The van der Waals surface area contributed by atoms with E-state index in [1.165, 1.54) is 5.56 Å². The smallest absolute Gasteiger partial charge is 0.239 e. The summed E-state index contributed by atoms with van der Waals surface area (Å²) in [6.07, 6.45) is 3.53. The number of hydrogen-bond acceptors (Lipinski definition) is 3. The van der Waals surface area contributed by atoms with Crippen LogP contribution in [0, 0.1) is 10.1 Å². The van der Waals surface area contributed by atoms with E-state index < -0.39 is 6.04 Å². The van der Waals surface area contributed by atoms with Gasteiger partial charge in [0, 0.05) is 10.6 Å². The maximum Gasteiger partial charge on any atom is 0.239 e. The van der Waals surface area contributed by atoms with Crippen molar-refractivity contribution in [3.8, 4) is 0 Å². The highest BCUT2D eigenvalue weighted by Gasteiger charge is 2.50. The quantitative estimate of drug-likeness (QED) is 0.322. The lowest BCUT2D eigenvalue weighted by atomic mass is 9.74. The first-order valence-electron chi connectivity index (χ1n) is 11.3. The zero-order valence-electron chi connectivity index (χ0n) is 18.0. The Hall–Kier alpha value is -3.14. The Balaban J connectivity index is 1.86. The van der Waals surface area contributed by atoms with Crippen LogP contribution in [0.5, 0.6) is 0 Å². The molecular formula is C27H30N2O2. The van der Waals surface area contributed by atoms with Crippen LogP contribution in [-0.2, 0) is 0 Å².